The van der Waals surface area contributed by atoms with E-state index in [1.54, 1.807) is 24.3 Å². The zero-order chi connectivity index (χ0) is 13.9. The third-order valence-corrected chi connectivity index (χ3v) is 3.42. The van der Waals surface area contributed by atoms with Crippen LogP contribution in [-0.4, -0.2) is 19.5 Å². The quantitative estimate of drug-likeness (QED) is 0.828. The van der Waals surface area contributed by atoms with E-state index in [9.17, 15) is 5.11 Å². The Bertz CT molecular complexity index is 558. The molecule has 2 aromatic rings. The monoisotopic (exact) mass is 271 g/mol. The second-order valence-corrected chi connectivity index (χ2v) is 5.10. The van der Waals surface area contributed by atoms with Crippen LogP contribution in [0.1, 0.15) is 11.1 Å². The molecule has 0 aliphatic heterocycles. The number of rotatable bonds is 4. The Balaban J connectivity index is 2.30. The van der Waals surface area contributed by atoms with Gasteiger partial charge in [0.2, 0.25) is 0 Å². The molecule has 2 radical (unpaired) electrons. The van der Waals surface area contributed by atoms with Crippen molar-refractivity contribution in [1.82, 2.24) is 0 Å². The summed E-state index contributed by atoms with van der Waals surface area (Å²) in [4.78, 5) is 0. The lowest BCUT2D eigenvalue weighted by molar-refractivity contribution is 0.0463. The molecule has 2 nitrogen and oxygen atoms in total. The summed E-state index contributed by atoms with van der Waals surface area (Å²) in [7, 11) is 5.75. The van der Waals surface area contributed by atoms with Crippen LogP contribution in [0, 0.1) is 0 Å². The second kappa shape index (κ2) is 5.78. The number of halogens is 1. The standard InChI is InChI=1S/C15H15BClNO/c16-13-3-1-2-12(8-13)15(19,10-18)9-11-4-6-14(17)7-5-11/h1-8,19H,9-10,18H2/t15-/m1/s1. The maximum absolute atomic E-state index is 10.7. The molecule has 4 heteroatoms. The average Bonchev–Trinajstić information content (AvgIpc) is 2.41. The summed E-state index contributed by atoms with van der Waals surface area (Å²) in [5.74, 6) is 0. The lowest BCUT2D eigenvalue weighted by Gasteiger charge is -2.27. The fraction of sp³-hybridized carbons (Fsp3) is 0.200. The van der Waals surface area contributed by atoms with Crippen LogP contribution in [0.4, 0.5) is 0 Å². The van der Waals surface area contributed by atoms with E-state index in [4.69, 9.17) is 25.2 Å². The van der Waals surface area contributed by atoms with Crippen molar-refractivity contribution in [2.24, 2.45) is 5.73 Å². The van der Waals surface area contributed by atoms with Crippen molar-refractivity contribution in [3.8, 4) is 0 Å². The van der Waals surface area contributed by atoms with Crippen LogP contribution in [0.5, 0.6) is 0 Å². The summed E-state index contributed by atoms with van der Waals surface area (Å²) in [6.07, 6.45) is 0.421. The summed E-state index contributed by atoms with van der Waals surface area (Å²) < 4.78 is 0. The maximum Gasteiger partial charge on any atom is 0.113 e. The molecule has 2 rings (SSSR count). The number of nitrogens with two attached hydrogens (primary N) is 1. The van der Waals surface area contributed by atoms with Gasteiger partial charge in [-0.2, -0.15) is 0 Å². The van der Waals surface area contributed by atoms with Gasteiger partial charge in [0.05, 0.1) is 0 Å². The van der Waals surface area contributed by atoms with Crippen LogP contribution in [0.25, 0.3) is 0 Å². The smallest absolute Gasteiger partial charge is 0.113 e. The Labute approximate surface area is 119 Å². The summed E-state index contributed by atoms with van der Waals surface area (Å²) >= 11 is 5.85. The number of benzene rings is 2. The molecule has 0 saturated heterocycles. The molecular formula is C15H15BClNO. The molecule has 19 heavy (non-hydrogen) atoms. The Morgan fingerprint density at radius 1 is 1.16 bits per heavy atom. The predicted molar refractivity (Wildman–Crippen MR) is 79.9 cm³/mol. The summed E-state index contributed by atoms with van der Waals surface area (Å²) in [5, 5.41) is 11.4. The first kappa shape index (κ1) is 14.1. The van der Waals surface area contributed by atoms with Gasteiger partial charge in [-0.1, -0.05) is 53.5 Å². The maximum atomic E-state index is 10.7. The third kappa shape index (κ3) is 3.38. The van der Waals surface area contributed by atoms with Crippen LogP contribution in [-0.2, 0) is 12.0 Å². The molecule has 0 spiro atoms. The van der Waals surface area contributed by atoms with Gasteiger partial charge in [-0.05, 0) is 23.3 Å². The summed E-state index contributed by atoms with van der Waals surface area (Å²) in [6.45, 7) is 0.124. The molecule has 0 aliphatic carbocycles. The van der Waals surface area contributed by atoms with Gasteiger partial charge in [-0.15, -0.1) is 0 Å². The normalized spacial score (nSPS) is 14.1. The Morgan fingerprint density at radius 3 is 2.42 bits per heavy atom. The van der Waals surface area contributed by atoms with E-state index in [-0.39, 0.29) is 6.54 Å². The number of aliphatic hydroxyl groups is 1. The van der Waals surface area contributed by atoms with E-state index in [0.29, 0.717) is 16.9 Å². The zero-order valence-electron chi connectivity index (χ0n) is 10.5. The van der Waals surface area contributed by atoms with Crippen molar-refractivity contribution >= 4 is 24.9 Å². The first-order chi connectivity index (χ1) is 9.03. The molecule has 0 unspecified atom stereocenters. The summed E-state index contributed by atoms with van der Waals surface area (Å²) in [6, 6.07) is 14.5. The van der Waals surface area contributed by atoms with E-state index in [1.807, 2.05) is 24.3 Å². The van der Waals surface area contributed by atoms with Gasteiger partial charge in [-0.25, -0.2) is 0 Å². The van der Waals surface area contributed by atoms with E-state index in [1.165, 1.54) is 0 Å². The van der Waals surface area contributed by atoms with Crippen LogP contribution in [0.15, 0.2) is 48.5 Å². The molecule has 2 aromatic carbocycles. The molecule has 0 heterocycles. The molecule has 96 valence electrons. The molecule has 3 N–H and O–H groups in total. The van der Waals surface area contributed by atoms with Gasteiger partial charge in [0, 0.05) is 18.0 Å². The first-order valence-corrected chi connectivity index (χ1v) is 6.44. The van der Waals surface area contributed by atoms with Crippen molar-refractivity contribution in [2.75, 3.05) is 6.54 Å². The molecule has 0 aliphatic rings. The largest absolute Gasteiger partial charge is 0.383 e. The molecular weight excluding hydrogens is 256 g/mol. The lowest BCUT2D eigenvalue weighted by Crippen LogP contribution is -2.37. The van der Waals surface area contributed by atoms with Gasteiger partial charge in [-0.3, -0.25) is 0 Å². The Kier molecular flexibility index (Phi) is 4.30. The highest BCUT2D eigenvalue weighted by atomic mass is 35.5. The molecule has 0 fully saturated rings. The fourth-order valence-electron chi connectivity index (χ4n) is 2.06. The Morgan fingerprint density at radius 2 is 1.84 bits per heavy atom. The fourth-order valence-corrected chi connectivity index (χ4v) is 2.19. The molecule has 0 saturated carbocycles. The van der Waals surface area contributed by atoms with E-state index in [0.717, 1.165) is 11.1 Å². The lowest BCUT2D eigenvalue weighted by atomic mass is 9.84. The second-order valence-electron chi connectivity index (χ2n) is 4.66. The van der Waals surface area contributed by atoms with Gasteiger partial charge in [0.15, 0.2) is 0 Å². The van der Waals surface area contributed by atoms with Gasteiger partial charge < -0.3 is 10.8 Å². The van der Waals surface area contributed by atoms with Crippen LogP contribution in [0.3, 0.4) is 0 Å². The van der Waals surface area contributed by atoms with E-state index >= 15 is 0 Å². The highest BCUT2D eigenvalue weighted by Gasteiger charge is 2.27. The summed E-state index contributed by atoms with van der Waals surface area (Å²) in [5.41, 5.74) is 6.94. The molecule has 0 amide bonds. The van der Waals surface area contributed by atoms with Crippen molar-refractivity contribution < 1.29 is 5.11 Å². The van der Waals surface area contributed by atoms with Crippen molar-refractivity contribution in [3.63, 3.8) is 0 Å². The van der Waals surface area contributed by atoms with Gasteiger partial charge in [0.25, 0.3) is 0 Å². The SMILES string of the molecule is [B]c1cccc([C@](O)(CN)Cc2ccc(Cl)cc2)c1. The van der Waals surface area contributed by atoms with Crippen molar-refractivity contribution in [3.05, 3.63) is 64.7 Å². The van der Waals surface area contributed by atoms with Crippen molar-refractivity contribution in [1.29, 1.82) is 0 Å². The van der Waals surface area contributed by atoms with Gasteiger partial charge in [0.1, 0.15) is 13.4 Å². The van der Waals surface area contributed by atoms with E-state index < -0.39 is 5.60 Å². The highest BCUT2D eigenvalue weighted by Crippen LogP contribution is 2.25. The zero-order valence-corrected chi connectivity index (χ0v) is 11.3. The van der Waals surface area contributed by atoms with Crippen molar-refractivity contribution in [2.45, 2.75) is 12.0 Å². The molecule has 1 atom stereocenters. The van der Waals surface area contributed by atoms with Crippen LogP contribution >= 0.6 is 11.6 Å². The molecule has 0 aromatic heterocycles. The van der Waals surface area contributed by atoms with E-state index in [2.05, 4.69) is 0 Å². The minimum atomic E-state index is -1.12. The minimum Gasteiger partial charge on any atom is -0.383 e. The number of hydrogen-bond acceptors (Lipinski definition) is 2. The van der Waals surface area contributed by atoms with Crippen LogP contribution in [0.2, 0.25) is 5.02 Å². The predicted octanol–water partition coefficient (Wildman–Crippen LogP) is 1.52. The van der Waals surface area contributed by atoms with Crippen LogP contribution < -0.4 is 11.2 Å². The average molecular weight is 272 g/mol. The van der Waals surface area contributed by atoms with Gasteiger partial charge >= 0.3 is 0 Å². The highest BCUT2D eigenvalue weighted by molar-refractivity contribution is 6.32. The Hall–Kier alpha value is -1.29. The topological polar surface area (TPSA) is 46.2 Å². The third-order valence-electron chi connectivity index (χ3n) is 3.17. The molecule has 0 bridgehead atoms. The minimum absolute atomic E-state index is 0.124. The number of hydrogen-bond donors (Lipinski definition) is 2. The first-order valence-electron chi connectivity index (χ1n) is 6.06.